The first-order chi connectivity index (χ1) is 9.90. The first-order valence-electron chi connectivity index (χ1n) is 7.49. The smallest absolute Gasteiger partial charge is 0.408 e. The summed E-state index contributed by atoms with van der Waals surface area (Å²) in [5, 5.41) is 12.5. The van der Waals surface area contributed by atoms with Crippen molar-refractivity contribution in [1.29, 1.82) is 0 Å². The first-order valence-corrected chi connectivity index (χ1v) is 7.49. The average Bonchev–Trinajstić information content (AvgIpc) is 2.22. The van der Waals surface area contributed by atoms with Crippen molar-refractivity contribution >= 4 is 11.9 Å². The van der Waals surface area contributed by atoms with E-state index >= 15 is 0 Å². The molecule has 126 valence electrons. The molecule has 0 rings (SSSR count). The SMILES string of the molecule is CC(=O)/C=C(O)\C=C(/C)C(CC(C)C)NC(=O)OC(C)(C)C. The molecule has 0 radical (unpaired) electrons. The molecule has 2 N–H and O–H groups in total. The summed E-state index contributed by atoms with van der Waals surface area (Å²) < 4.78 is 5.26. The van der Waals surface area contributed by atoms with Crippen LogP contribution in [0.1, 0.15) is 54.9 Å². The lowest BCUT2D eigenvalue weighted by Gasteiger charge is -2.25. The Balaban J connectivity index is 5.08. The van der Waals surface area contributed by atoms with Crippen LogP contribution in [0.25, 0.3) is 0 Å². The van der Waals surface area contributed by atoms with Crippen LogP contribution in [0.3, 0.4) is 0 Å². The first kappa shape index (κ1) is 20.2. The van der Waals surface area contributed by atoms with Gasteiger partial charge in [0.1, 0.15) is 11.4 Å². The molecule has 0 aromatic rings. The minimum absolute atomic E-state index is 0.121. The number of nitrogens with one attached hydrogen (secondary N) is 1. The van der Waals surface area contributed by atoms with E-state index in [1.807, 2.05) is 13.8 Å². The molecule has 1 amide bonds. The van der Waals surface area contributed by atoms with E-state index in [0.29, 0.717) is 12.3 Å². The van der Waals surface area contributed by atoms with Crippen molar-refractivity contribution in [2.24, 2.45) is 5.92 Å². The van der Waals surface area contributed by atoms with E-state index < -0.39 is 11.7 Å². The second-order valence-electron chi connectivity index (χ2n) is 6.90. The van der Waals surface area contributed by atoms with Gasteiger partial charge in [0.15, 0.2) is 5.78 Å². The number of aliphatic hydroxyl groups excluding tert-OH is 1. The van der Waals surface area contributed by atoms with E-state index in [9.17, 15) is 14.7 Å². The van der Waals surface area contributed by atoms with E-state index in [1.54, 1.807) is 27.7 Å². The van der Waals surface area contributed by atoms with E-state index in [0.717, 1.165) is 11.6 Å². The Morgan fingerprint density at radius 2 is 1.73 bits per heavy atom. The van der Waals surface area contributed by atoms with Gasteiger partial charge in [-0.1, -0.05) is 13.8 Å². The van der Waals surface area contributed by atoms with Crippen LogP contribution in [0.2, 0.25) is 0 Å². The monoisotopic (exact) mass is 311 g/mol. The Kier molecular flexibility index (Phi) is 7.91. The molecule has 0 aliphatic heterocycles. The molecule has 22 heavy (non-hydrogen) atoms. The maximum absolute atomic E-state index is 11.9. The van der Waals surface area contributed by atoms with Crippen LogP contribution in [0.15, 0.2) is 23.5 Å². The number of ketones is 1. The number of hydrogen-bond acceptors (Lipinski definition) is 4. The number of rotatable bonds is 6. The molecular formula is C17H29NO4. The van der Waals surface area contributed by atoms with Gasteiger partial charge in [0.2, 0.25) is 0 Å². The Morgan fingerprint density at radius 1 is 1.18 bits per heavy atom. The molecular weight excluding hydrogens is 282 g/mol. The summed E-state index contributed by atoms with van der Waals surface area (Å²) >= 11 is 0. The predicted octanol–water partition coefficient (Wildman–Crippen LogP) is 3.90. The van der Waals surface area contributed by atoms with Crippen LogP contribution >= 0.6 is 0 Å². The maximum Gasteiger partial charge on any atom is 0.408 e. The van der Waals surface area contributed by atoms with Crippen molar-refractivity contribution in [3.63, 3.8) is 0 Å². The maximum atomic E-state index is 11.9. The quantitative estimate of drug-likeness (QED) is 0.443. The normalized spacial score (nSPS) is 14.7. The fourth-order valence-electron chi connectivity index (χ4n) is 1.86. The zero-order valence-electron chi connectivity index (χ0n) is 14.7. The van der Waals surface area contributed by atoms with Gasteiger partial charge in [0, 0.05) is 6.08 Å². The molecule has 5 nitrogen and oxygen atoms in total. The number of carbonyl (C=O) groups excluding carboxylic acids is 2. The van der Waals surface area contributed by atoms with Gasteiger partial charge < -0.3 is 15.2 Å². The summed E-state index contributed by atoms with van der Waals surface area (Å²) in [6.45, 7) is 12.7. The average molecular weight is 311 g/mol. The summed E-state index contributed by atoms with van der Waals surface area (Å²) in [5.74, 6) is -0.00554. The van der Waals surface area contributed by atoms with Crippen LogP contribution in [0, 0.1) is 5.92 Å². The molecule has 0 fully saturated rings. The van der Waals surface area contributed by atoms with Crippen molar-refractivity contribution in [1.82, 2.24) is 5.32 Å². The molecule has 0 aromatic carbocycles. The highest BCUT2D eigenvalue weighted by Gasteiger charge is 2.21. The van der Waals surface area contributed by atoms with Crippen molar-refractivity contribution in [2.75, 3.05) is 0 Å². The zero-order valence-corrected chi connectivity index (χ0v) is 14.7. The van der Waals surface area contributed by atoms with Crippen LogP contribution in [-0.2, 0) is 9.53 Å². The number of allylic oxidation sites excluding steroid dienone is 2. The predicted molar refractivity (Wildman–Crippen MR) is 87.8 cm³/mol. The third-order valence-corrected chi connectivity index (χ3v) is 2.67. The Bertz CT molecular complexity index is 456. The topological polar surface area (TPSA) is 75.6 Å². The van der Waals surface area contributed by atoms with Gasteiger partial charge in [-0.25, -0.2) is 4.79 Å². The van der Waals surface area contributed by atoms with Crippen LogP contribution < -0.4 is 5.32 Å². The van der Waals surface area contributed by atoms with Gasteiger partial charge in [0.05, 0.1) is 6.04 Å². The highest BCUT2D eigenvalue weighted by molar-refractivity contribution is 5.88. The minimum Gasteiger partial charge on any atom is -0.508 e. The van der Waals surface area contributed by atoms with E-state index in [2.05, 4.69) is 5.32 Å². The molecule has 5 heteroatoms. The number of amides is 1. The summed E-state index contributed by atoms with van der Waals surface area (Å²) in [5.41, 5.74) is 0.190. The van der Waals surface area contributed by atoms with E-state index in [1.165, 1.54) is 13.0 Å². The van der Waals surface area contributed by atoms with Gasteiger partial charge >= 0.3 is 6.09 Å². The van der Waals surface area contributed by atoms with Crippen LogP contribution in [0.5, 0.6) is 0 Å². The third-order valence-electron chi connectivity index (χ3n) is 2.67. The molecule has 0 aliphatic rings. The summed E-state index contributed by atoms with van der Waals surface area (Å²) in [7, 11) is 0. The van der Waals surface area contributed by atoms with Crippen molar-refractivity contribution in [3.05, 3.63) is 23.5 Å². The molecule has 0 spiro atoms. The van der Waals surface area contributed by atoms with E-state index in [4.69, 9.17) is 4.74 Å². The lowest BCUT2D eigenvalue weighted by Crippen LogP contribution is -2.40. The number of carbonyl (C=O) groups is 2. The Labute approximate surface area is 133 Å². The fourth-order valence-corrected chi connectivity index (χ4v) is 1.86. The molecule has 0 aromatic heterocycles. The number of ether oxygens (including phenoxy) is 1. The fraction of sp³-hybridized carbons (Fsp3) is 0.647. The molecule has 0 aliphatic carbocycles. The van der Waals surface area contributed by atoms with Crippen molar-refractivity contribution in [3.8, 4) is 0 Å². The van der Waals surface area contributed by atoms with Crippen LogP contribution in [0.4, 0.5) is 4.79 Å². The molecule has 0 saturated heterocycles. The van der Waals surface area contributed by atoms with Gasteiger partial charge in [-0.3, -0.25) is 4.79 Å². The van der Waals surface area contributed by atoms with Crippen molar-refractivity contribution < 1.29 is 19.4 Å². The highest BCUT2D eigenvalue weighted by Crippen LogP contribution is 2.15. The molecule has 0 bridgehead atoms. The lowest BCUT2D eigenvalue weighted by atomic mass is 9.97. The molecule has 1 unspecified atom stereocenters. The number of aliphatic hydroxyl groups is 1. The van der Waals surface area contributed by atoms with Gasteiger partial charge in [-0.15, -0.1) is 0 Å². The molecule has 1 atom stereocenters. The number of hydrogen-bond donors (Lipinski definition) is 2. The summed E-state index contributed by atoms with van der Waals surface area (Å²) in [6.07, 6.45) is 2.84. The number of alkyl carbamates (subject to hydrolysis) is 1. The Hall–Kier alpha value is -1.78. The zero-order chi connectivity index (χ0) is 17.5. The van der Waals surface area contributed by atoms with Gasteiger partial charge in [-0.2, -0.15) is 0 Å². The molecule has 0 saturated carbocycles. The largest absolute Gasteiger partial charge is 0.508 e. The van der Waals surface area contributed by atoms with Gasteiger partial charge in [-0.05, 0) is 58.6 Å². The highest BCUT2D eigenvalue weighted by atomic mass is 16.6. The second kappa shape index (κ2) is 8.61. The van der Waals surface area contributed by atoms with Crippen LogP contribution in [-0.4, -0.2) is 28.6 Å². The van der Waals surface area contributed by atoms with Crippen molar-refractivity contribution in [2.45, 2.75) is 66.5 Å². The second-order valence-corrected chi connectivity index (χ2v) is 6.90. The Morgan fingerprint density at radius 3 is 2.14 bits per heavy atom. The summed E-state index contributed by atoms with van der Waals surface area (Å²) in [6, 6.07) is -0.266. The third kappa shape index (κ3) is 10.0. The lowest BCUT2D eigenvalue weighted by molar-refractivity contribution is -0.112. The standard InChI is InChI=1S/C17H29NO4/c1-11(2)8-15(18-16(21)22-17(5,6)7)12(3)9-14(20)10-13(4)19/h9-11,15,20H,8H2,1-7H3,(H,18,21)/b12-9+,14-10+. The van der Waals surface area contributed by atoms with Gasteiger partial charge in [0.25, 0.3) is 0 Å². The molecule has 0 heterocycles. The van der Waals surface area contributed by atoms with E-state index in [-0.39, 0.29) is 17.6 Å². The summed E-state index contributed by atoms with van der Waals surface area (Å²) in [4.78, 5) is 22.9. The minimum atomic E-state index is -0.569.